The maximum atomic E-state index is 5.96. The monoisotopic (exact) mass is 295 g/mol. The average molecular weight is 295 g/mol. The van der Waals surface area contributed by atoms with E-state index in [2.05, 4.69) is 18.8 Å². The van der Waals surface area contributed by atoms with Crippen molar-refractivity contribution < 1.29 is 4.74 Å². The molecule has 0 radical (unpaired) electrons. The zero-order chi connectivity index (χ0) is 12.5. The lowest BCUT2D eigenvalue weighted by molar-refractivity contribution is 0.309. The number of thioether (sulfide) groups is 2. The Morgan fingerprint density at radius 2 is 2.11 bits per heavy atom. The largest absolute Gasteiger partial charge is 0.477 e. The number of thiophene rings is 1. The van der Waals surface area contributed by atoms with E-state index in [1.165, 1.54) is 19.5 Å². The first-order valence-electron chi connectivity index (χ1n) is 5.70. The van der Waals surface area contributed by atoms with E-state index in [1.54, 1.807) is 12.4 Å². The molecular formula is C13H13NOS3. The summed E-state index contributed by atoms with van der Waals surface area (Å²) in [5.74, 6) is 1.84. The quantitative estimate of drug-likeness (QED) is 0.820. The van der Waals surface area contributed by atoms with Gasteiger partial charge in [-0.05, 0) is 26.0 Å². The van der Waals surface area contributed by atoms with Crippen molar-refractivity contribution in [2.75, 3.05) is 5.75 Å². The summed E-state index contributed by atoms with van der Waals surface area (Å²) in [6.07, 6.45) is 3.53. The van der Waals surface area contributed by atoms with Gasteiger partial charge in [-0.1, -0.05) is 11.8 Å². The highest BCUT2D eigenvalue weighted by molar-refractivity contribution is 8.06. The normalized spacial score (nSPS) is 18.4. The van der Waals surface area contributed by atoms with E-state index >= 15 is 0 Å². The second-order valence-corrected chi connectivity index (χ2v) is 7.67. The smallest absolute Gasteiger partial charge is 0.158 e. The number of nitrogens with zero attached hydrogens (tertiary/aromatic N) is 1. The van der Waals surface area contributed by atoms with Crippen molar-refractivity contribution in [1.82, 2.24) is 4.98 Å². The Morgan fingerprint density at radius 1 is 1.28 bits per heavy atom. The van der Waals surface area contributed by atoms with Gasteiger partial charge >= 0.3 is 0 Å². The van der Waals surface area contributed by atoms with Gasteiger partial charge in [0.05, 0.1) is 6.20 Å². The minimum absolute atomic E-state index is 0.180. The van der Waals surface area contributed by atoms with Crippen molar-refractivity contribution in [3.63, 3.8) is 0 Å². The maximum absolute atomic E-state index is 5.96. The Balaban J connectivity index is 1.77. The lowest BCUT2D eigenvalue weighted by atomic mass is 10.4. The van der Waals surface area contributed by atoms with Gasteiger partial charge < -0.3 is 4.74 Å². The highest BCUT2D eigenvalue weighted by Crippen LogP contribution is 2.48. The molecule has 0 aliphatic carbocycles. The maximum Gasteiger partial charge on any atom is 0.158 e. The van der Waals surface area contributed by atoms with Gasteiger partial charge in [-0.15, -0.1) is 23.1 Å². The molecule has 5 heteroatoms. The number of aryl methyl sites for hydroxylation is 2. The van der Waals surface area contributed by atoms with Gasteiger partial charge in [-0.2, -0.15) is 0 Å². The standard InChI is InChI=1S/C13H13NOS3/c1-8-12-13(9(2)17-8)18-11(7-16-12)15-10-4-3-5-14-6-10/h3-6,11H,7H2,1-2H3. The van der Waals surface area contributed by atoms with E-state index < -0.39 is 0 Å². The van der Waals surface area contributed by atoms with E-state index in [0.29, 0.717) is 0 Å². The molecule has 1 atom stereocenters. The third-order valence-corrected chi connectivity index (χ3v) is 6.83. The van der Waals surface area contributed by atoms with Crippen molar-refractivity contribution in [3.8, 4) is 5.75 Å². The summed E-state index contributed by atoms with van der Waals surface area (Å²) < 4.78 is 5.96. The van der Waals surface area contributed by atoms with E-state index in [1.807, 2.05) is 47.0 Å². The highest BCUT2D eigenvalue weighted by atomic mass is 32.2. The van der Waals surface area contributed by atoms with Crippen LogP contribution in [-0.2, 0) is 0 Å². The molecule has 0 amide bonds. The summed E-state index contributed by atoms with van der Waals surface area (Å²) in [5, 5.41) is 0. The lowest BCUT2D eigenvalue weighted by Crippen LogP contribution is -2.18. The Morgan fingerprint density at radius 3 is 2.89 bits per heavy atom. The number of hydrogen-bond donors (Lipinski definition) is 0. The van der Waals surface area contributed by atoms with Gasteiger partial charge in [-0.25, -0.2) is 0 Å². The number of aromatic nitrogens is 1. The Hall–Kier alpha value is -0.650. The molecule has 3 rings (SSSR count). The fourth-order valence-electron chi connectivity index (χ4n) is 1.89. The number of hydrogen-bond acceptors (Lipinski definition) is 5. The van der Waals surface area contributed by atoms with E-state index in [9.17, 15) is 0 Å². The Labute approximate surface area is 119 Å². The summed E-state index contributed by atoms with van der Waals surface area (Å²) in [5.41, 5.74) is 0.180. The minimum Gasteiger partial charge on any atom is -0.477 e. The van der Waals surface area contributed by atoms with E-state index in [0.717, 1.165) is 11.5 Å². The Bertz CT molecular complexity index is 553. The van der Waals surface area contributed by atoms with Crippen molar-refractivity contribution in [2.45, 2.75) is 29.1 Å². The summed E-state index contributed by atoms with van der Waals surface area (Å²) >= 11 is 5.63. The molecule has 2 nitrogen and oxygen atoms in total. The molecule has 0 fully saturated rings. The van der Waals surface area contributed by atoms with Crippen molar-refractivity contribution in [2.24, 2.45) is 0 Å². The van der Waals surface area contributed by atoms with Gasteiger partial charge in [0.1, 0.15) is 5.75 Å². The third kappa shape index (κ3) is 2.39. The molecule has 2 aromatic rings. The van der Waals surface area contributed by atoms with Crippen LogP contribution in [0.2, 0.25) is 0 Å². The van der Waals surface area contributed by atoms with Crippen LogP contribution < -0.4 is 4.74 Å². The zero-order valence-corrected chi connectivity index (χ0v) is 12.6. The van der Waals surface area contributed by atoms with Crippen molar-refractivity contribution in [1.29, 1.82) is 0 Å². The molecule has 0 aromatic carbocycles. The van der Waals surface area contributed by atoms with Gasteiger partial charge in [0, 0.05) is 31.5 Å². The summed E-state index contributed by atoms with van der Waals surface area (Å²) in [7, 11) is 0. The number of rotatable bonds is 2. The van der Waals surface area contributed by atoms with Crippen LogP contribution in [0, 0.1) is 13.8 Å². The Kier molecular flexibility index (Phi) is 3.54. The van der Waals surface area contributed by atoms with Crippen molar-refractivity contribution >= 4 is 34.9 Å². The van der Waals surface area contributed by atoms with Crippen LogP contribution in [-0.4, -0.2) is 16.2 Å². The van der Waals surface area contributed by atoms with Gasteiger partial charge in [0.2, 0.25) is 0 Å². The number of pyridine rings is 1. The first-order chi connectivity index (χ1) is 8.74. The SMILES string of the molecule is Cc1sc(C)c2c1SCC(Oc1cccnc1)S2. The number of ether oxygens (including phenoxy) is 1. The lowest BCUT2D eigenvalue weighted by Gasteiger charge is -2.23. The molecule has 1 aliphatic heterocycles. The predicted octanol–water partition coefficient (Wildman–Crippen LogP) is 4.36. The predicted molar refractivity (Wildman–Crippen MR) is 79.0 cm³/mol. The summed E-state index contributed by atoms with van der Waals surface area (Å²) in [6, 6.07) is 3.86. The molecule has 1 unspecified atom stereocenters. The molecule has 0 N–H and O–H groups in total. The second-order valence-electron chi connectivity index (χ2n) is 4.04. The first-order valence-corrected chi connectivity index (χ1v) is 8.38. The van der Waals surface area contributed by atoms with Crippen LogP contribution in [0.15, 0.2) is 34.3 Å². The number of fused-ring (bicyclic) bond motifs is 1. The molecule has 0 spiro atoms. The fourth-order valence-corrected chi connectivity index (χ4v) is 5.94. The molecule has 94 valence electrons. The summed E-state index contributed by atoms with van der Waals surface area (Å²) in [4.78, 5) is 9.77. The van der Waals surface area contributed by atoms with Crippen LogP contribution in [0.4, 0.5) is 0 Å². The van der Waals surface area contributed by atoms with Crippen LogP contribution in [0.25, 0.3) is 0 Å². The zero-order valence-electron chi connectivity index (χ0n) is 10.2. The molecule has 0 bridgehead atoms. The fraction of sp³-hybridized carbons (Fsp3) is 0.308. The molecule has 18 heavy (non-hydrogen) atoms. The highest BCUT2D eigenvalue weighted by Gasteiger charge is 2.26. The topological polar surface area (TPSA) is 22.1 Å². The molecular weight excluding hydrogens is 282 g/mol. The molecule has 2 aromatic heterocycles. The van der Waals surface area contributed by atoms with Gasteiger partial charge in [0.15, 0.2) is 5.44 Å². The van der Waals surface area contributed by atoms with Gasteiger partial charge in [-0.3, -0.25) is 4.98 Å². The van der Waals surface area contributed by atoms with Crippen LogP contribution in [0.5, 0.6) is 5.75 Å². The molecule has 0 saturated heterocycles. The molecule has 1 aliphatic rings. The average Bonchev–Trinajstić information content (AvgIpc) is 2.66. The molecule has 0 saturated carbocycles. The third-order valence-electron chi connectivity index (χ3n) is 2.67. The van der Waals surface area contributed by atoms with Crippen LogP contribution in [0.3, 0.4) is 0 Å². The minimum atomic E-state index is 0.180. The van der Waals surface area contributed by atoms with E-state index in [4.69, 9.17) is 4.74 Å². The summed E-state index contributed by atoms with van der Waals surface area (Å²) in [6.45, 7) is 4.39. The first kappa shape index (κ1) is 12.4. The second kappa shape index (κ2) is 5.15. The van der Waals surface area contributed by atoms with Crippen LogP contribution >= 0.6 is 34.9 Å². The van der Waals surface area contributed by atoms with Crippen LogP contribution in [0.1, 0.15) is 9.75 Å². The molecule has 3 heterocycles. The van der Waals surface area contributed by atoms with Gasteiger partial charge in [0.25, 0.3) is 0 Å². The van der Waals surface area contributed by atoms with E-state index in [-0.39, 0.29) is 5.44 Å². The van der Waals surface area contributed by atoms with Crippen molar-refractivity contribution in [3.05, 3.63) is 34.3 Å².